The highest BCUT2D eigenvalue weighted by atomic mass is 16.3. The number of hydrogen-bond acceptors (Lipinski definition) is 4. The van der Waals surface area contributed by atoms with Crippen LogP contribution in [0.3, 0.4) is 0 Å². The van der Waals surface area contributed by atoms with Crippen LogP contribution in [-0.2, 0) is 0 Å². The molecule has 0 amide bonds. The van der Waals surface area contributed by atoms with Gasteiger partial charge in [-0.05, 0) is 164 Å². The monoisotopic (exact) mass is 984 g/mol. The summed E-state index contributed by atoms with van der Waals surface area (Å²) in [5, 5.41) is 19.6. The van der Waals surface area contributed by atoms with Crippen LogP contribution in [0, 0.1) is 55.4 Å². The van der Waals surface area contributed by atoms with Crippen LogP contribution in [0.4, 0.5) is 0 Å². The number of furan rings is 4. The lowest BCUT2D eigenvalue weighted by Crippen LogP contribution is -1.80. The largest absolute Gasteiger partial charge is 0.455 e. The topological polar surface area (TPSA) is 52.6 Å². The number of fused-ring (bicyclic) bond motifs is 20. The molecule has 0 bridgehead atoms. The molecule has 0 unspecified atom stereocenters. The van der Waals surface area contributed by atoms with Gasteiger partial charge in [-0.3, -0.25) is 0 Å². The lowest BCUT2D eigenvalue weighted by atomic mass is 10.00. The van der Waals surface area contributed by atoms with Gasteiger partial charge < -0.3 is 17.7 Å². The fourth-order valence-corrected chi connectivity index (χ4v) is 11.7. The van der Waals surface area contributed by atoms with Crippen molar-refractivity contribution < 1.29 is 17.7 Å². The molecule has 4 heteroatoms. The molecule has 368 valence electrons. The van der Waals surface area contributed by atoms with Crippen LogP contribution >= 0.6 is 0 Å². The second-order valence-corrected chi connectivity index (χ2v) is 20.8. The normalized spacial score (nSPS) is 11.7. The summed E-state index contributed by atoms with van der Waals surface area (Å²) in [6.45, 7) is 17.1. The summed E-state index contributed by atoms with van der Waals surface area (Å²) in [6.07, 6.45) is 0. The number of rotatable bonds is 0. The number of hydrogen-bond donors (Lipinski definition) is 0. The molecule has 16 aromatic rings. The first-order chi connectivity index (χ1) is 37.0. The van der Waals surface area contributed by atoms with E-state index in [1.165, 1.54) is 131 Å². The van der Waals surface area contributed by atoms with E-state index in [-0.39, 0.29) is 0 Å². The molecule has 4 nitrogen and oxygen atoms in total. The average Bonchev–Trinajstić information content (AvgIpc) is 4.29. The molecule has 0 atom stereocenters. The van der Waals surface area contributed by atoms with Gasteiger partial charge in [0.15, 0.2) is 0 Å². The van der Waals surface area contributed by atoms with Gasteiger partial charge in [-0.2, -0.15) is 0 Å². The predicted molar refractivity (Wildman–Crippen MR) is 323 cm³/mol. The third-order valence-electron chi connectivity index (χ3n) is 15.5. The summed E-state index contributed by atoms with van der Waals surface area (Å²) >= 11 is 0. The summed E-state index contributed by atoms with van der Waals surface area (Å²) in [4.78, 5) is 0. The summed E-state index contributed by atoms with van der Waals surface area (Å²) < 4.78 is 24.4. The number of benzene rings is 12. The molecule has 0 aliphatic heterocycles. The molecule has 0 spiro atoms. The van der Waals surface area contributed by atoms with Crippen LogP contribution in [0.2, 0.25) is 0 Å². The standard InChI is InChI=1S/4C18H14O/c1-11-6-5-9-16-17(11)15-10-12(2)13-7-3-4-8-14(13)18(15)19-16;1-11-6-5-9-15-16-10-12(2)13-7-3-4-8-14(13)18(16)19-17(11)15;1-11-7-8-14-16-10-12(2)13-5-3-4-6-15(13)18(16)19-17(14)9-11;1-11-7-8-17-15(9-11)16-10-12(2)13-5-3-4-6-14(13)18(16)19-17/h4*3-10H,1-2H3. The first kappa shape index (κ1) is 46.7. The first-order valence-electron chi connectivity index (χ1n) is 26.2. The molecule has 16 rings (SSSR count). The minimum Gasteiger partial charge on any atom is -0.455 e. The van der Waals surface area contributed by atoms with Gasteiger partial charge in [0.05, 0.1) is 0 Å². The Bertz CT molecular complexity index is 4880. The SMILES string of the molecule is Cc1cc2c(oc3cccc(C)c32)c2ccccc12.Cc1cc2c3cccc(C)c3oc2c2ccccc12.Cc1ccc2c(c1)oc1c3ccccc3c(C)cc21.Cc1ccc2oc3c4ccccc4c(C)cc3c2c1. The van der Waals surface area contributed by atoms with E-state index in [1.807, 2.05) is 6.07 Å². The molecule has 0 N–H and O–H groups in total. The van der Waals surface area contributed by atoms with Crippen molar-refractivity contribution in [1.29, 1.82) is 0 Å². The second kappa shape index (κ2) is 18.4. The van der Waals surface area contributed by atoms with E-state index in [4.69, 9.17) is 17.7 Å². The zero-order valence-electron chi connectivity index (χ0n) is 44.1. The van der Waals surface area contributed by atoms with Crippen molar-refractivity contribution in [2.75, 3.05) is 0 Å². The first-order valence-corrected chi connectivity index (χ1v) is 26.2. The van der Waals surface area contributed by atoms with Gasteiger partial charge in [0, 0.05) is 64.6 Å². The third-order valence-corrected chi connectivity index (χ3v) is 15.5. The van der Waals surface area contributed by atoms with Gasteiger partial charge >= 0.3 is 0 Å². The highest BCUT2D eigenvalue weighted by Crippen LogP contribution is 2.40. The number of aryl methyl sites for hydroxylation is 8. The van der Waals surface area contributed by atoms with Gasteiger partial charge in [-0.25, -0.2) is 0 Å². The van der Waals surface area contributed by atoms with Crippen LogP contribution in [-0.4, -0.2) is 0 Å². The highest BCUT2D eigenvalue weighted by Gasteiger charge is 2.16. The van der Waals surface area contributed by atoms with Crippen LogP contribution in [0.1, 0.15) is 44.5 Å². The van der Waals surface area contributed by atoms with Gasteiger partial charge in [0.1, 0.15) is 44.7 Å². The molecule has 0 fully saturated rings. The maximum absolute atomic E-state index is 6.15. The van der Waals surface area contributed by atoms with E-state index in [0.29, 0.717) is 0 Å². The van der Waals surface area contributed by atoms with Crippen molar-refractivity contribution in [3.05, 3.63) is 239 Å². The fourth-order valence-electron chi connectivity index (χ4n) is 11.7. The predicted octanol–water partition coefficient (Wildman–Crippen LogP) is 21.4. The molecular formula is C72H56O4. The van der Waals surface area contributed by atoms with Crippen LogP contribution in [0.5, 0.6) is 0 Å². The zero-order valence-corrected chi connectivity index (χ0v) is 44.1. The van der Waals surface area contributed by atoms with Crippen LogP contribution in [0.25, 0.3) is 131 Å². The highest BCUT2D eigenvalue weighted by molar-refractivity contribution is 6.19. The van der Waals surface area contributed by atoms with Crippen LogP contribution < -0.4 is 0 Å². The molecule has 12 aromatic carbocycles. The van der Waals surface area contributed by atoms with Crippen molar-refractivity contribution in [2.45, 2.75) is 55.4 Å². The van der Waals surface area contributed by atoms with Gasteiger partial charge in [0.25, 0.3) is 0 Å². The Morgan fingerprint density at radius 2 is 0.579 bits per heavy atom. The van der Waals surface area contributed by atoms with E-state index < -0.39 is 0 Å². The lowest BCUT2D eigenvalue weighted by molar-refractivity contribution is 0.669. The van der Waals surface area contributed by atoms with Crippen molar-refractivity contribution in [2.24, 2.45) is 0 Å². The molecule has 0 aliphatic rings. The minimum absolute atomic E-state index is 0.969. The summed E-state index contributed by atoms with van der Waals surface area (Å²) in [6, 6.07) is 68.1. The molecule has 0 saturated carbocycles. The Kier molecular flexibility index (Phi) is 11.3. The Hall–Kier alpha value is -9.12. The van der Waals surface area contributed by atoms with Gasteiger partial charge in [-0.1, -0.05) is 151 Å². The van der Waals surface area contributed by atoms with Crippen molar-refractivity contribution >= 4 is 131 Å². The lowest BCUT2D eigenvalue weighted by Gasteiger charge is -2.03. The fraction of sp³-hybridized carbons (Fsp3) is 0.111. The van der Waals surface area contributed by atoms with Crippen molar-refractivity contribution in [1.82, 2.24) is 0 Å². The molecule has 0 radical (unpaired) electrons. The maximum atomic E-state index is 6.15. The zero-order chi connectivity index (χ0) is 51.9. The molecule has 76 heavy (non-hydrogen) atoms. The Morgan fingerprint density at radius 3 is 1.14 bits per heavy atom. The van der Waals surface area contributed by atoms with Gasteiger partial charge in [0.2, 0.25) is 0 Å². The summed E-state index contributed by atoms with van der Waals surface area (Å²) in [5.41, 5.74) is 18.1. The number of para-hydroxylation sites is 1. The average molecular weight is 985 g/mol. The third kappa shape index (κ3) is 7.75. The van der Waals surface area contributed by atoms with Crippen LogP contribution in [0.15, 0.2) is 212 Å². The molecule has 4 heterocycles. The summed E-state index contributed by atoms with van der Waals surface area (Å²) in [7, 11) is 0. The quantitative estimate of drug-likeness (QED) is 0.152. The minimum atomic E-state index is 0.969. The second-order valence-electron chi connectivity index (χ2n) is 20.8. The van der Waals surface area contributed by atoms with Gasteiger partial charge in [-0.15, -0.1) is 0 Å². The van der Waals surface area contributed by atoms with E-state index in [1.54, 1.807) is 0 Å². The van der Waals surface area contributed by atoms with E-state index >= 15 is 0 Å². The maximum Gasteiger partial charge on any atom is 0.143 e. The van der Waals surface area contributed by atoms with E-state index in [9.17, 15) is 0 Å². The van der Waals surface area contributed by atoms with Crippen molar-refractivity contribution in [3.63, 3.8) is 0 Å². The molecule has 0 aliphatic carbocycles. The molecule has 0 saturated heterocycles. The summed E-state index contributed by atoms with van der Waals surface area (Å²) in [5.74, 6) is 0. The Labute approximate surface area is 440 Å². The van der Waals surface area contributed by atoms with E-state index in [2.05, 4.69) is 243 Å². The Morgan fingerprint density at radius 1 is 0.197 bits per heavy atom. The smallest absolute Gasteiger partial charge is 0.143 e. The Balaban J connectivity index is 0.0000000970. The molecular weight excluding hydrogens is 929 g/mol. The van der Waals surface area contributed by atoms with E-state index in [0.717, 1.165) is 44.7 Å². The molecule has 4 aromatic heterocycles. The van der Waals surface area contributed by atoms with Crippen molar-refractivity contribution in [3.8, 4) is 0 Å².